The minimum atomic E-state index is -0.548. The SMILES string of the molecule is COc1cc([C@H]2C(C#N)=C(N)Oc3n[nH]c(-c4ccccc4)c32)cc(Br)c1O. The van der Waals surface area contributed by atoms with Crippen LogP contribution in [0.1, 0.15) is 17.0 Å². The number of phenols is 1. The molecule has 1 aliphatic rings. The maximum Gasteiger partial charge on any atom is 0.244 e. The van der Waals surface area contributed by atoms with Crippen LogP contribution in [0.25, 0.3) is 11.3 Å². The summed E-state index contributed by atoms with van der Waals surface area (Å²) in [4.78, 5) is 0. The predicted molar refractivity (Wildman–Crippen MR) is 106 cm³/mol. The van der Waals surface area contributed by atoms with Gasteiger partial charge in [0.1, 0.15) is 11.6 Å². The number of ether oxygens (including phenoxy) is 2. The Kier molecular flexibility index (Phi) is 4.45. The number of aromatic hydroxyl groups is 1. The highest BCUT2D eigenvalue weighted by Crippen LogP contribution is 2.48. The van der Waals surface area contributed by atoms with Crippen LogP contribution in [0, 0.1) is 11.3 Å². The third-order valence-electron chi connectivity index (χ3n) is 4.61. The molecular weight excluding hydrogens is 424 g/mol. The number of hydrogen-bond acceptors (Lipinski definition) is 6. The van der Waals surface area contributed by atoms with E-state index in [9.17, 15) is 10.4 Å². The van der Waals surface area contributed by atoms with Gasteiger partial charge in [0, 0.05) is 0 Å². The highest BCUT2D eigenvalue weighted by Gasteiger charge is 2.36. The summed E-state index contributed by atoms with van der Waals surface area (Å²) in [6.45, 7) is 0. The fourth-order valence-electron chi connectivity index (χ4n) is 3.32. The molecule has 28 heavy (non-hydrogen) atoms. The normalized spacial score (nSPS) is 15.5. The molecule has 0 aliphatic carbocycles. The van der Waals surface area contributed by atoms with E-state index in [-0.39, 0.29) is 23.0 Å². The van der Waals surface area contributed by atoms with Crippen molar-refractivity contribution in [1.82, 2.24) is 10.2 Å². The molecule has 4 N–H and O–H groups in total. The van der Waals surface area contributed by atoms with Crippen LogP contribution in [0.4, 0.5) is 0 Å². The zero-order valence-electron chi connectivity index (χ0n) is 14.7. The lowest BCUT2D eigenvalue weighted by Gasteiger charge is -2.24. The second kappa shape index (κ2) is 6.94. The van der Waals surface area contributed by atoms with E-state index in [1.165, 1.54) is 7.11 Å². The van der Waals surface area contributed by atoms with Crippen molar-refractivity contribution in [3.05, 3.63) is 69.5 Å². The highest BCUT2D eigenvalue weighted by molar-refractivity contribution is 9.10. The molecule has 0 spiro atoms. The van der Waals surface area contributed by atoms with Gasteiger partial charge in [0.05, 0.1) is 28.8 Å². The van der Waals surface area contributed by atoms with Crippen molar-refractivity contribution >= 4 is 15.9 Å². The largest absolute Gasteiger partial charge is 0.503 e. The van der Waals surface area contributed by atoms with E-state index >= 15 is 0 Å². The second-order valence-corrected chi connectivity index (χ2v) is 7.02. The first kappa shape index (κ1) is 17.9. The zero-order chi connectivity index (χ0) is 19.8. The summed E-state index contributed by atoms with van der Waals surface area (Å²) in [6.07, 6.45) is 0. The van der Waals surface area contributed by atoms with Gasteiger partial charge >= 0.3 is 0 Å². The van der Waals surface area contributed by atoms with E-state index in [1.54, 1.807) is 12.1 Å². The fraction of sp³-hybridized carbons (Fsp3) is 0.100. The van der Waals surface area contributed by atoms with E-state index in [0.29, 0.717) is 21.5 Å². The summed E-state index contributed by atoms with van der Waals surface area (Å²) < 4.78 is 11.3. The molecule has 7 nitrogen and oxygen atoms in total. The number of benzene rings is 2. The molecule has 0 saturated heterocycles. The smallest absolute Gasteiger partial charge is 0.244 e. The number of allylic oxidation sites excluding steroid dienone is 1. The third-order valence-corrected chi connectivity index (χ3v) is 5.21. The Morgan fingerprint density at radius 3 is 2.75 bits per heavy atom. The standard InChI is InChI=1S/C20H15BrN4O3/c1-27-14-8-11(7-13(21)18(14)26)15-12(9-22)19(23)28-20-16(15)17(24-25-20)10-5-3-2-4-6-10/h2-8,15,26H,23H2,1H3,(H,24,25)/t15-/m0/s1. The zero-order valence-corrected chi connectivity index (χ0v) is 16.3. The van der Waals surface area contributed by atoms with Crippen LogP contribution in [-0.2, 0) is 0 Å². The minimum Gasteiger partial charge on any atom is -0.503 e. The van der Waals surface area contributed by atoms with Crippen molar-refractivity contribution in [2.75, 3.05) is 7.11 Å². The molecule has 140 valence electrons. The maximum atomic E-state index is 10.2. The lowest BCUT2D eigenvalue weighted by Crippen LogP contribution is -2.21. The van der Waals surface area contributed by atoms with Gasteiger partial charge in [-0.3, -0.25) is 5.10 Å². The second-order valence-electron chi connectivity index (χ2n) is 6.16. The van der Waals surface area contributed by atoms with Gasteiger partial charge in [-0.15, -0.1) is 5.10 Å². The number of nitrogens with two attached hydrogens (primary N) is 1. The van der Waals surface area contributed by atoms with Crippen LogP contribution in [0.2, 0.25) is 0 Å². The number of nitrogens with zero attached hydrogens (tertiary/aromatic N) is 2. The van der Waals surface area contributed by atoms with E-state index in [2.05, 4.69) is 32.2 Å². The molecule has 0 fully saturated rings. The van der Waals surface area contributed by atoms with Crippen molar-refractivity contribution in [1.29, 1.82) is 5.26 Å². The average molecular weight is 439 g/mol. The summed E-state index contributed by atoms with van der Waals surface area (Å²) in [5, 5.41) is 27.2. The monoisotopic (exact) mass is 438 g/mol. The van der Waals surface area contributed by atoms with Gasteiger partial charge in [-0.05, 0) is 39.2 Å². The molecule has 4 rings (SSSR count). The van der Waals surface area contributed by atoms with Crippen molar-refractivity contribution in [3.63, 3.8) is 0 Å². The first-order chi connectivity index (χ1) is 13.5. The van der Waals surface area contributed by atoms with Gasteiger partial charge in [-0.1, -0.05) is 30.3 Å². The molecule has 0 bridgehead atoms. The first-order valence-corrected chi connectivity index (χ1v) is 9.12. The van der Waals surface area contributed by atoms with Gasteiger partial charge in [-0.25, -0.2) is 0 Å². The molecule has 1 aromatic heterocycles. The summed E-state index contributed by atoms with van der Waals surface area (Å²) >= 11 is 3.34. The molecule has 0 radical (unpaired) electrons. The van der Waals surface area contributed by atoms with Gasteiger partial charge in [-0.2, -0.15) is 5.26 Å². The number of nitrogens with one attached hydrogen (secondary N) is 1. The summed E-state index contributed by atoms with van der Waals surface area (Å²) in [5.41, 5.74) is 9.27. The van der Waals surface area contributed by atoms with Crippen molar-refractivity contribution in [2.45, 2.75) is 5.92 Å². The van der Waals surface area contributed by atoms with Gasteiger partial charge in [0.25, 0.3) is 0 Å². The molecule has 1 atom stereocenters. The van der Waals surface area contributed by atoms with Crippen LogP contribution >= 0.6 is 15.9 Å². The number of rotatable bonds is 3. The van der Waals surface area contributed by atoms with Crippen molar-refractivity contribution in [2.24, 2.45) is 5.73 Å². The quantitative estimate of drug-likeness (QED) is 0.572. The Hall–Kier alpha value is -3.44. The lowest BCUT2D eigenvalue weighted by molar-refractivity contribution is 0.369. The number of aromatic amines is 1. The molecule has 3 aromatic rings. The maximum absolute atomic E-state index is 10.2. The van der Waals surface area contributed by atoms with Crippen LogP contribution in [-0.4, -0.2) is 22.4 Å². The van der Waals surface area contributed by atoms with Gasteiger partial charge < -0.3 is 20.3 Å². The number of fused-ring (bicyclic) bond motifs is 1. The summed E-state index contributed by atoms with van der Waals surface area (Å²) in [6, 6.07) is 15.2. The molecule has 0 amide bonds. The van der Waals surface area contributed by atoms with Crippen LogP contribution in [0.5, 0.6) is 17.4 Å². The fourth-order valence-corrected chi connectivity index (χ4v) is 3.78. The molecule has 2 heterocycles. The number of methoxy groups -OCH3 is 1. The number of aromatic nitrogens is 2. The Morgan fingerprint density at radius 2 is 2.07 bits per heavy atom. The number of halogens is 1. The molecule has 2 aromatic carbocycles. The Labute approximate surface area is 169 Å². The van der Waals surface area contributed by atoms with E-state index in [4.69, 9.17) is 15.2 Å². The van der Waals surface area contributed by atoms with Crippen LogP contribution < -0.4 is 15.2 Å². The van der Waals surface area contributed by atoms with Crippen LogP contribution in [0.3, 0.4) is 0 Å². The number of hydrogen-bond donors (Lipinski definition) is 3. The predicted octanol–water partition coefficient (Wildman–Crippen LogP) is 3.77. The third kappa shape index (κ3) is 2.77. The molecule has 0 saturated carbocycles. The lowest BCUT2D eigenvalue weighted by atomic mass is 9.83. The van der Waals surface area contributed by atoms with Gasteiger partial charge in [0.15, 0.2) is 11.5 Å². The van der Waals surface area contributed by atoms with E-state index in [1.807, 2.05) is 30.3 Å². The first-order valence-electron chi connectivity index (χ1n) is 8.32. The Balaban J connectivity index is 1.98. The summed E-state index contributed by atoms with van der Waals surface area (Å²) in [7, 11) is 1.46. The van der Waals surface area contributed by atoms with Crippen molar-refractivity contribution in [3.8, 4) is 34.7 Å². The minimum absolute atomic E-state index is 0.00530. The topological polar surface area (TPSA) is 117 Å². The Morgan fingerprint density at radius 1 is 1.32 bits per heavy atom. The Bertz CT molecular complexity index is 1130. The molecular formula is C20H15BrN4O3. The van der Waals surface area contributed by atoms with E-state index in [0.717, 1.165) is 11.3 Å². The average Bonchev–Trinajstić information content (AvgIpc) is 3.12. The molecule has 0 unspecified atom stereocenters. The molecule has 8 heteroatoms. The highest BCUT2D eigenvalue weighted by atomic mass is 79.9. The van der Waals surface area contributed by atoms with Gasteiger partial charge in [0.2, 0.25) is 11.8 Å². The number of H-pyrrole nitrogens is 1. The molecule has 1 aliphatic heterocycles. The van der Waals surface area contributed by atoms with Crippen LogP contribution in [0.15, 0.2) is 58.4 Å². The van der Waals surface area contributed by atoms with Crippen molar-refractivity contribution < 1.29 is 14.6 Å². The van der Waals surface area contributed by atoms with E-state index < -0.39 is 5.92 Å². The number of nitriles is 1. The summed E-state index contributed by atoms with van der Waals surface area (Å²) in [5.74, 6) is 0.00815. The number of phenolic OH excluding ortho intramolecular Hbond substituents is 1.